The number of allylic oxidation sites excluding steroid dienone is 1. The van der Waals surface area contributed by atoms with Crippen LogP contribution in [0.25, 0.3) is 0 Å². The van der Waals surface area contributed by atoms with Crippen LogP contribution in [0.1, 0.15) is 39.0 Å². The van der Waals surface area contributed by atoms with Crippen molar-refractivity contribution >= 4 is 0 Å². The Morgan fingerprint density at radius 2 is 2.08 bits per heavy atom. The molecular weight excluding hydrogens is 148 g/mol. The highest BCUT2D eigenvalue weighted by molar-refractivity contribution is 4.89. The van der Waals surface area contributed by atoms with Gasteiger partial charge >= 0.3 is 0 Å². The van der Waals surface area contributed by atoms with E-state index in [2.05, 4.69) is 19.6 Å². The third-order valence-electron chi connectivity index (χ3n) is 1.79. The standard InChI is InChI=1S/C11H20O/c1-3-5-6-7-8-9-10-11(12)4-2/h4,8-9,11-12H,2-3,5-7,10H2,1H3/b9-8+/t11-/m0/s1. The molecule has 1 atom stereocenters. The van der Waals surface area contributed by atoms with Gasteiger partial charge in [0.25, 0.3) is 0 Å². The van der Waals surface area contributed by atoms with E-state index in [-0.39, 0.29) is 6.10 Å². The van der Waals surface area contributed by atoms with E-state index in [4.69, 9.17) is 5.11 Å². The normalized spacial score (nSPS) is 13.5. The molecule has 0 unspecified atom stereocenters. The third kappa shape index (κ3) is 7.55. The molecule has 0 radical (unpaired) electrons. The Morgan fingerprint density at radius 1 is 1.33 bits per heavy atom. The summed E-state index contributed by atoms with van der Waals surface area (Å²) in [6, 6.07) is 0. The van der Waals surface area contributed by atoms with Gasteiger partial charge in [-0.05, 0) is 19.3 Å². The van der Waals surface area contributed by atoms with Crippen LogP contribution >= 0.6 is 0 Å². The van der Waals surface area contributed by atoms with E-state index >= 15 is 0 Å². The molecule has 12 heavy (non-hydrogen) atoms. The topological polar surface area (TPSA) is 20.2 Å². The van der Waals surface area contributed by atoms with Gasteiger partial charge in [0, 0.05) is 0 Å². The van der Waals surface area contributed by atoms with E-state index in [0.29, 0.717) is 6.42 Å². The van der Waals surface area contributed by atoms with Gasteiger partial charge < -0.3 is 5.11 Å². The Labute approximate surface area is 75.8 Å². The number of aliphatic hydroxyl groups excluding tert-OH is 1. The summed E-state index contributed by atoms with van der Waals surface area (Å²) < 4.78 is 0. The number of hydrogen-bond acceptors (Lipinski definition) is 1. The van der Waals surface area contributed by atoms with Crippen molar-refractivity contribution in [1.29, 1.82) is 0 Å². The maximum Gasteiger partial charge on any atom is 0.0752 e. The van der Waals surface area contributed by atoms with Crippen LogP contribution in [0.15, 0.2) is 24.8 Å². The monoisotopic (exact) mass is 168 g/mol. The summed E-state index contributed by atoms with van der Waals surface area (Å²) in [7, 11) is 0. The molecule has 0 aromatic carbocycles. The predicted octanol–water partition coefficient (Wildman–Crippen LogP) is 3.06. The Balaban J connectivity index is 3.19. The van der Waals surface area contributed by atoms with Gasteiger partial charge in [-0.15, -0.1) is 6.58 Å². The van der Waals surface area contributed by atoms with Crippen LogP contribution in [0.5, 0.6) is 0 Å². The van der Waals surface area contributed by atoms with Crippen molar-refractivity contribution in [1.82, 2.24) is 0 Å². The third-order valence-corrected chi connectivity index (χ3v) is 1.79. The smallest absolute Gasteiger partial charge is 0.0752 e. The Hall–Kier alpha value is -0.560. The highest BCUT2D eigenvalue weighted by Gasteiger charge is 1.91. The fourth-order valence-electron chi connectivity index (χ4n) is 0.962. The van der Waals surface area contributed by atoms with E-state index < -0.39 is 0 Å². The molecule has 0 aliphatic carbocycles. The van der Waals surface area contributed by atoms with E-state index in [9.17, 15) is 0 Å². The van der Waals surface area contributed by atoms with Crippen LogP contribution in [-0.4, -0.2) is 11.2 Å². The zero-order chi connectivity index (χ0) is 9.23. The molecule has 0 rings (SSSR count). The summed E-state index contributed by atoms with van der Waals surface area (Å²) in [5, 5.41) is 9.09. The molecule has 0 aliphatic rings. The van der Waals surface area contributed by atoms with Crippen LogP contribution in [0.3, 0.4) is 0 Å². The Kier molecular flexibility index (Phi) is 8.14. The molecule has 1 N–H and O–H groups in total. The van der Waals surface area contributed by atoms with Crippen molar-refractivity contribution < 1.29 is 5.11 Å². The lowest BCUT2D eigenvalue weighted by atomic mass is 10.1. The van der Waals surface area contributed by atoms with Crippen LogP contribution in [0.4, 0.5) is 0 Å². The Bertz CT molecular complexity index is 127. The minimum Gasteiger partial charge on any atom is -0.389 e. The first-order valence-corrected chi connectivity index (χ1v) is 4.76. The molecule has 0 heterocycles. The zero-order valence-corrected chi connectivity index (χ0v) is 8.00. The van der Waals surface area contributed by atoms with Crippen molar-refractivity contribution in [3.8, 4) is 0 Å². The van der Waals surface area contributed by atoms with Gasteiger partial charge in [0.05, 0.1) is 6.10 Å². The van der Waals surface area contributed by atoms with E-state index in [1.807, 2.05) is 6.08 Å². The van der Waals surface area contributed by atoms with Crippen molar-refractivity contribution in [2.75, 3.05) is 0 Å². The number of aliphatic hydroxyl groups is 1. The first kappa shape index (κ1) is 11.4. The largest absolute Gasteiger partial charge is 0.389 e. The van der Waals surface area contributed by atoms with Crippen molar-refractivity contribution in [2.24, 2.45) is 0 Å². The second-order valence-electron chi connectivity index (χ2n) is 3.01. The maximum absolute atomic E-state index is 9.09. The fourth-order valence-corrected chi connectivity index (χ4v) is 0.962. The maximum atomic E-state index is 9.09. The lowest BCUT2D eigenvalue weighted by Gasteiger charge is -1.98. The van der Waals surface area contributed by atoms with E-state index in [1.54, 1.807) is 6.08 Å². The molecular formula is C11H20O. The summed E-state index contributed by atoms with van der Waals surface area (Å²) in [6.07, 6.45) is 11.0. The second-order valence-corrected chi connectivity index (χ2v) is 3.01. The summed E-state index contributed by atoms with van der Waals surface area (Å²) in [5.41, 5.74) is 0. The molecule has 1 heteroatoms. The van der Waals surface area contributed by atoms with Crippen molar-refractivity contribution in [2.45, 2.75) is 45.1 Å². The minimum absolute atomic E-state index is 0.368. The zero-order valence-electron chi connectivity index (χ0n) is 8.00. The number of hydrogen-bond donors (Lipinski definition) is 1. The summed E-state index contributed by atoms with van der Waals surface area (Å²) in [4.78, 5) is 0. The van der Waals surface area contributed by atoms with E-state index in [1.165, 1.54) is 19.3 Å². The average Bonchev–Trinajstić information content (AvgIpc) is 2.10. The molecule has 0 spiro atoms. The summed E-state index contributed by atoms with van der Waals surface area (Å²) >= 11 is 0. The predicted molar refractivity (Wildman–Crippen MR) is 54.1 cm³/mol. The first-order valence-electron chi connectivity index (χ1n) is 4.76. The number of rotatable bonds is 7. The molecule has 0 aliphatic heterocycles. The van der Waals surface area contributed by atoms with Gasteiger partial charge in [-0.25, -0.2) is 0 Å². The van der Waals surface area contributed by atoms with Crippen molar-refractivity contribution in [3.05, 3.63) is 24.8 Å². The van der Waals surface area contributed by atoms with Crippen LogP contribution < -0.4 is 0 Å². The van der Waals surface area contributed by atoms with Gasteiger partial charge in [-0.2, -0.15) is 0 Å². The Morgan fingerprint density at radius 3 is 2.67 bits per heavy atom. The number of unbranched alkanes of at least 4 members (excludes halogenated alkanes) is 3. The quantitative estimate of drug-likeness (QED) is 0.457. The highest BCUT2D eigenvalue weighted by atomic mass is 16.3. The van der Waals surface area contributed by atoms with E-state index in [0.717, 1.165) is 6.42 Å². The fraction of sp³-hybridized carbons (Fsp3) is 0.636. The van der Waals surface area contributed by atoms with Crippen LogP contribution in [0, 0.1) is 0 Å². The lowest BCUT2D eigenvalue weighted by Crippen LogP contribution is -1.97. The minimum atomic E-state index is -0.368. The molecule has 0 aromatic rings. The van der Waals surface area contributed by atoms with Gasteiger partial charge in [0.1, 0.15) is 0 Å². The molecule has 0 aromatic heterocycles. The second kappa shape index (κ2) is 8.54. The molecule has 70 valence electrons. The average molecular weight is 168 g/mol. The molecule has 0 bridgehead atoms. The van der Waals surface area contributed by atoms with Crippen LogP contribution in [-0.2, 0) is 0 Å². The van der Waals surface area contributed by atoms with Gasteiger partial charge in [-0.3, -0.25) is 0 Å². The summed E-state index contributed by atoms with van der Waals surface area (Å²) in [6.45, 7) is 5.70. The van der Waals surface area contributed by atoms with Gasteiger partial charge in [-0.1, -0.05) is 38.0 Å². The van der Waals surface area contributed by atoms with Crippen molar-refractivity contribution in [3.63, 3.8) is 0 Å². The van der Waals surface area contributed by atoms with Gasteiger partial charge in [0.2, 0.25) is 0 Å². The summed E-state index contributed by atoms with van der Waals surface area (Å²) in [5.74, 6) is 0. The molecule has 0 saturated heterocycles. The lowest BCUT2D eigenvalue weighted by molar-refractivity contribution is 0.227. The SMILES string of the molecule is C=C[C@H](O)C/C=C/CCCCC. The van der Waals surface area contributed by atoms with Crippen LogP contribution in [0.2, 0.25) is 0 Å². The van der Waals surface area contributed by atoms with Gasteiger partial charge in [0.15, 0.2) is 0 Å². The molecule has 1 nitrogen and oxygen atoms in total. The molecule has 0 amide bonds. The highest BCUT2D eigenvalue weighted by Crippen LogP contribution is 2.01. The molecule has 0 fully saturated rings. The molecule has 0 saturated carbocycles. The first-order chi connectivity index (χ1) is 5.81.